The van der Waals surface area contributed by atoms with Crippen molar-refractivity contribution in [3.05, 3.63) is 0 Å². The number of esters is 1. The average molecular weight is 146 g/mol. The number of carbonyl (C=O) groups excluding carboxylic acids is 1. The Kier molecular flexibility index (Phi) is 4.88. The van der Waals surface area contributed by atoms with Crippen LogP contribution in [0.15, 0.2) is 0 Å². The average Bonchev–Trinajstić information content (AvgIpc) is 1.98. The summed E-state index contributed by atoms with van der Waals surface area (Å²) < 4.78 is 4.40. The lowest BCUT2D eigenvalue weighted by Gasteiger charge is -2.06. The molecule has 0 aliphatic rings. The van der Waals surface area contributed by atoms with Crippen LogP contribution in [-0.2, 0) is 9.53 Å². The van der Waals surface area contributed by atoms with Gasteiger partial charge in [0.05, 0.1) is 7.11 Å². The van der Waals surface area contributed by atoms with Crippen LogP contribution in [0.25, 0.3) is 0 Å². The lowest BCUT2D eigenvalue weighted by molar-refractivity contribution is -0.142. The van der Waals surface area contributed by atoms with E-state index in [1.807, 2.05) is 0 Å². The maximum Gasteiger partial charge on any atom is 0.322 e. The van der Waals surface area contributed by atoms with E-state index >= 15 is 0 Å². The maximum absolute atomic E-state index is 10.6. The van der Waals surface area contributed by atoms with E-state index in [-0.39, 0.29) is 5.97 Å². The molecule has 0 saturated carbocycles. The van der Waals surface area contributed by atoms with Gasteiger partial charge in [-0.15, -0.1) is 0 Å². The molecule has 0 saturated heterocycles. The van der Waals surface area contributed by atoms with E-state index in [0.717, 1.165) is 6.42 Å². The molecule has 0 rings (SSSR count). The van der Waals surface area contributed by atoms with E-state index in [2.05, 4.69) is 4.74 Å². The lowest BCUT2D eigenvalue weighted by Crippen LogP contribution is -2.31. The fourth-order valence-electron chi connectivity index (χ4n) is 0.607. The van der Waals surface area contributed by atoms with Gasteiger partial charge in [0, 0.05) is 0 Å². The first kappa shape index (κ1) is 9.39. The summed E-state index contributed by atoms with van der Waals surface area (Å²) in [7, 11) is 1.32. The number of rotatable bonds is 4. The lowest BCUT2D eigenvalue weighted by atomic mass is 10.2. The van der Waals surface area contributed by atoms with Crippen LogP contribution in [-0.4, -0.2) is 25.7 Å². The Bertz CT molecular complexity index is 106. The fraction of sp³-hybridized carbons (Fsp3) is 0.833. The first-order chi connectivity index (χ1) is 4.72. The molecule has 1 atom stereocenters. The molecule has 0 amide bonds. The molecule has 10 heavy (non-hydrogen) atoms. The van der Waals surface area contributed by atoms with Crippen molar-refractivity contribution in [3.63, 3.8) is 0 Å². The van der Waals surface area contributed by atoms with Crippen LogP contribution in [0.1, 0.15) is 12.8 Å². The third-order valence-corrected chi connectivity index (χ3v) is 1.22. The standard InChI is InChI=1S/C6H14N2O2/c1-10-6(9)5(8)3-2-4-7/h5H,2-4,7-8H2,1H3. The molecular weight excluding hydrogens is 132 g/mol. The monoisotopic (exact) mass is 146 g/mol. The van der Waals surface area contributed by atoms with Crippen molar-refractivity contribution in [2.45, 2.75) is 18.9 Å². The van der Waals surface area contributed by atoms with Crippen LogP contribution in [0.2, 0.25) is 0 Å². The molecule has 0 aromatic heterocycles. The van der Waals surface area contributed by atoms with Gasteiger partial charge in [-0.1, -0.05) is 0 Å². The summed E-state index contributed by atoms with van der Waals surface area (Å²) in [4.78, 5) is 10.6. The molecule has 0 spiro atoms. The quantitative estimate of drug-likeness (QED) is 0.510. The molecule has 0 aromatic rings. The molecule has 4 heteroatoms. The van der Waals surface area contributed by atoms with Gasteiger partial charge in [-0.3, -0.25) is 4.79 Å². The number of ether oxygens (including phenoxy) is 1. The van der Waals surface area contributed by atoms with E-state index in [9.17, 15) is 4.79 Å². The topological polar surface area (TPSA) is 78.3 Å². The SMILES string of the molecule is COC(=O)C(N)CCCN. The summed E-state index contributed by atoms with van der Waals surface area (Å²) in [5, 5.41) is 0. The molecule has 0 bridgehead atoms. The van der Waals surface area contributed by atoms with Crippen molar-refractivity contribution in [2.75, 3.05) is 13.7 Å². The van der Waals surface area contributed by atoms with Crippen LogP contribution in [0.5, 0.6) is 0 Å². The van der Waals surface area contributed by atoms with Crippen molar-refractivity contribution < 1.29 is 9.53 Å². The van der Waals surface area contributed by atoms with E-state index in [1.54, 1.807) is 0 Å². The largest absolute Gasteiger partial charge is 0.468 e. The van der Waals surface area contributed by atoms with Crippen molar-refractivity contribution in [2.24, 2.45) is 11.5 Å². The van der Waals surface area contributed by atoms with Gasteiger partial charge < -0.3 is 16.2 Å². The Morgan fingerprint density at radius 1 is 1.70 bits per heavy atom. The number of hydrogen-bond donors (Lipinski definition) is 2. The second kappa shape index (κ2) is 5.20. The Hall–Kier alpha value is -0.610. The van der Waals surface area contributed by atoms with Crippen molar-refractivity contribution in [1.29, 1.82) is 0 Å². The molecule has 0 aliphatic heterocycles. The fourth-order valence-corrected chi connectivity index (χ4v) is 0.607. The summed E-state index contributed by atoms with van der Waals surface area (Å²) in [5.74, 6) is -0.367. The Balaban J connectivity index is 3.41. The highest BCUT2D eigenvalue weighted by Crippen LogP contribution is 1.93. The van der Waals surface area contributed by atoms with E-state index < -0.39 is 6.04 Å². The predicted molar refractivity (Wildman–Crippen MR) is 38.3 cm³/mol. The first-order valence-electron chi connectivity index (χ1n) is 3.26. The normalized spacial score (nSPS) is 12.7. The zero-order valence-electron chi connectivity index (χ0n) is 6.17. The minimum absolute atomic E-state index is 0.367. The van der Waals surface area contributed by atoms with Crippen LogP contribution in [0.3, 0.4) is 0 Å². The Morgan fingerprint density at radius 2 is 2.30 bits per heavy atom. The highest BCUT2D eigenvalue weighted by molar-refractivity contribution is 5.75. The summed E-state index contributed by atoms with van der Waals surface area (Å²) >= 11 is 0. The van der Waals surface area contributed by atoms with Crippen LogP contribution >= 0.6 is 0 Å². The second-order valence-electron chi connectivity index (χ2n) is 2.06. The third kappa shape index (κ3) is 3.42. The molecule has 0 radical (unpaired) electrons. The molecule has 0 fully saturated rings. The molecule has 0 heterocycles. The van der Waals surface area contributed by atoms with Crippen molar-refractivity contribution >= 4 is 5.97 Å². The molecule has 4 nitrogen and oxygen atoms in total. The van der Waals surface area contributed by atoms with Gasteiger partial charge in [0.25, 0.3) is 0 Å². The molecule has 4 N–H and O–H groups in total. The van der Waals surface area contributed by atoms with E-state index in [4.69, 9.17) is 11.5 Å². The molecule has 0 aliphatic carbocycles. The van der Waals surface area contributed by atoms with Crippen molar-refractivity contribution in [1.82, 2.24) is 0 Å². The summed E-state index contributed by atoms with van der Waals surface area (Å²) in [6.07, 6.45) is 1.36. The van der Waals surface area contributed by atoms with Gasteiger partial charge in [0.15, 0.2) is 0 Å². The van der Waals surface area contributed by atoms with Gasteiger partial charge >= 0.3 is 5.97 Å². The summed E-state index contributed by atoms with van der Waals surface area (Å²) in [5.41, 5.74) is 10.6. The number of carbonyl (C=O) groups is 1. The van der Waals surface area contributed by atoms with Crippen LogP contribution in [0, 0.1) is 0 Å². The number of hydrogen-bond acceptors (Lipinski definition) is 4. The number of nitrogens with two attached hydrogens (primary N) is 2. The van der Waals surface area contributed by atoms with Crippen LogP contribution in [0.4, 0.5) is 0 Å². The van der Waals surface area contributed by atoms with E-state index in [1.165, 1.54) is 7.11 Å². The zero-order chi connectivity index (χ0) is 7.98. The summed E-state index contributed by atoms with van der Waals surface area (Å²) in [6.45, 7) is 0.560. The molecule has 60 valence electrons. The number of methoxy groups -OCH3 is 1. The minimum Gasteiger partial charge on any atom is -0.468 e. The molecular formula is C6H14N2O2. The predicted octanol–water partition coefficient (Wildman–Crippen LogP) is -0.774. The van der Waals surface area contributed by atoms with E-state index in [0.29, 0.717) is 13.0 Å². The van der Waals surface area contributed by atoms with Gasteiger partial charge in [0.1, 0.15) is 6.04 Å². The Morgan fingerprint density at radius 3 is 2.70 bits per heavy atom. The van der Waals surface area contributed by atoms with Gasteiger partial charge in [0.2, 0.25) is 0 Å². The summed E-state index contributed by atoms with van der Waals surface area (Å²) in [6, 6.07) is -0.506. The maximum atomic E-state index is 10.6. The minimum atomic E-state index is -0.506. The van der Waals surface area contributed by atoms with Gasteiger partial charge in [-0.25, -0.2) is 0 Å². The zero-order valence-corrected chi connectivity index (χ0v) is 6.17. The second-order valence-corrected chi connectivity index (χ2v) is 2.06. The highest BCUT2D eigenvalue weighted by atomic mass is 16.5. The van der Waals surface area contributed by atoms with Gasteiger partial charge in [-0.05, 0) is 19.4 Å². The Labute approximate surface area is 60.5 Å². The molecule has 0 aromatic carbocycles. The van der Waals surface area contributed by atoms with Gasteiger partial charge in [-0.2, -0.15) is 0 Å². The smallest absolute Gasteiger partial charge is 0.322 e. The molecule has 1 unspecified atom stereocenters. The van der Waals surface area contributed by atoms with Crippen LogP contribution < -0.4 is 11.5 Å². The third-order valence-electron chi connectivity index (χ3n) is 1.22. The first-order valence-corrected chi connectivity index (χ1v) is 3.26. The van der Waals surface area contributed by atoms with Crippen molar-refractivity contribution in [3.8, 4) is 0 Å². The highest BCUT2D eigenvalue weighted by Gasteiger charge is 2.11.